The number of nitrogens with one attached hydrogen (secondary N) is 1. The summed E-state index contributed by atoms with van der Waals surface area (Å²) in [7, 11) is 0. The van der Waals surface area contributed by atoms with Gasteiger partial charge in [0, 0.05) is 9.35 Å². The lowest BCUT2D eigenvalue weighted by Crippen LogP contribution is -2.26. The van der Waals surface area contributed by atoms with Gasteiger partial charge in [-0.25, -0.2) is 4.39 Å². The van der Waals surface area contributed by atoms with E-state index in [0.29, 0.717) is 4.47 Å². The minimum absolute atomic E-state index is 0.0489. The van der Waals surface area contributed by atoms with Crippen molar-refractivity contribution in [2.75, 3.05) is 0 Å². The molecule has 0 saturated carbocycles. The zero-order valence-electron chi connectivity index (χ0n) is 9.61. The number of carbonyl (C=O) groups excluding carboxylic acids is 1. The van der Waals surface area contributed by atoms with Gasteiger partial charge in [-0.1, -0.05) is 22.0 Å². The molecule has 1 heterocycles. The maximum absolute atomic E-state index is 13.5. The third-order valence-electron chi connectivity index (χ3n) is 2.49. The van der Waals surface area contributed by atoms with Gasteiger partial charge in [-0.2, -0.15) is 0 Å². The Kier molecular flexibility index (Phi) is 4.14. The Labute approximate surface area is 117 Å². The zero-order valence-corrected chi connectivity index (χ0v) is 12.0. The summed E-state index contributed by atoms with van der Waals surface area (Å²) < 4.78 is 14.2. The Morgan fingerprint density at radius 1 is 1.44 bits per heavy atom. The second-order valence-electron chi connectivity index (χ2n) is 3.83. The number of hydrogen-bond donors (Lipinski definition) is 1. The number of rotatable bonds is 3. The lowest BCUT2D eigenvalue weighted by Gasteiger charge is -2.12. The summed E-state index contributed by atoms with van der Waals surface area (Å²) in [6.45, 7) is 1.87. The highest BCUT2D eigenvalue weighted by molar-refractivity contribution is 9.10. The Morgan fingerprint density at radius 3 is 2.89 bits per heavy atom. The predicted molar refractivity (Wildman–Crippen MR) is 74.3 cm³/mol. The van der Waals surface area contributed by atoms with E-state index in [1.54, 1.807) is 17.4 Å². The van der Waals surface area contributed by atoms with Gasteiger partial charge in [-0.15, -0.1) is 11.3 Å². The van der Waals surface area contributed by atoms with Gasteiger partial charge in [0.2, 0.25) is 0 Å². The van der Waals surface area contributed by atoms with Gasteiger partial charge in [0.25, 0.3) is 5.91 Å². The van der Waals surface area contributed by atoms with Crippen LogP contribution in [-0.2, 0) is 0 Å². The lowest BCUT2D eigenvalue weighted by molar-refractivity contribution is 0.0936. The molecule has 0 saturated heterocycles. The summed E-state index contributed by atoms with van der Waals surface area (Å²) in [6, 6.07) is 8.04. The van der Waals surface area contributed by atoms with Gasteiger partial charge in [0.05, 0.1) is 11.6 Å². The summed E-state index contributed by atoms with van der Waals surface area (Å²) in [5.41, 5.74) is 0.0489. The molecule has 0 spiro atoms. The van der Waals surface area contributed by atoms with Crippen LogP contribution in [-0.4, -0.2) is 5.91 Å². The number of halogens is 2. The van der Waals surface area contributed by atoms with E-state index < -0.39 is 11.7 Å². The first-order chi connectivity index (χ1) is 8.58. The Bertz CT molecular complexity index is 556. The Balaban J connectivity index is 2.15. The van der Waals surface area contributed by atoms with Crippen LogP contribution in [0.5, 0.6) is 0 Å². The molecule has 18 heavy (non-hydrogen) atoms. The van der Waals surface area contributed by atoms with Crippen LogP contribution < -0.4 is 5.32 Å². The molecular formula is C13H11BrFNOS. The molecule has 0 aliphatic rings. The first kappa shape index (κ1) is 13.2. The first-order valence-electron chi connectivity index (χ1n) is 5.37. The summed E-state index contributed by atoms with van der Waals surface area (Å²) in [5, 5.41) is 4.72. The van der Waals surface area contributed by atoms with E-state index in [0.717, 1.165) is 4.88 Å². The highest BCUT2D eigenvalue weighted by atomic mass is 79.9. The van der Waals surface area contributed by atoms with Crippen molar-refractivity contribution in [3.63, 3.8) is 0 Å². The predicted octanol–water partition coefficient (Wildman–Crippen LogP) is 4.14. The summed E-state index contributed by atoms with van der Waals surface area (Å²) in [5.74, 6) is -0.927. The van der Waals surface area contributed by atoms with Crippen molar-refractivity contribution in [1.82, 2.24) is 5.32 Å². The number of hydrogen-bond acceptors (Lipinski definition) is 2. The highest BCUT2D eigenvalue weighted by Crippen LogP contribution is 2.20. The molecule has 0 bridgehead atoms. The maximum Gasteiger partial charge on any atom is 0.254 e. The van der Waals surface area contributed by atoms with Crippen molar-refractivity contribution in [2.45, 2.75) is 13.0 Å². The van der Waals surface area contributed by atoms with Gasteiger partial charge in [0.1, 0.15) is 5.82 Å². The van der Waals surface area contributed by atoms with Gasteiger partial charge >= 0.3 is 0 Å². The molecule has 2 aromatic rings. The van der Waals surface area contributed by atoms with Gasteiger partial charge in [-0.05, 0) is 36.6 Å². The molecule has 0 radical (unpaired) electrons. The topological polar surface area (TPSA) is 29.1 Å². The molecule has 1 N–H and O–H groups in total. The van der Waals surface area contributed by atoms with Crippen molar-refractivity contribution >= 4 is 33.2 Å². The van der Waals surface area contributed by atoms with Crippen molar-refractivity contribution in [3.8, 4) is 0 Å². The normalized spacial score (nSPS) is 12.2. The van der Waals surface area contributed by atoms with Crippen molar-refractivity contribution in [2.24, 2.45) is 0 Å². The van der Waals surface area contributed by atoms with Crippen LogP contribution in [0.3, 0.4) is 0 Å². The van der Waals surface area contributed by atoms with Gasteiger partial charge < -0.3 is 5.32 Å². The maximum atomic E-state index is 13.5. The molecule has 1 atom stereocenters. The average Bonchev–Trinajstić information content (AvgIpc) is 2.85. The minimum Gasteiger partial charge on any atom is -0.345 e. The van der Waals surface area contributed by atoms with Crippen molar-refractivity contribution < 1.29 is 9.18 Å². The quantitative estimate of drug-likeness (QED) is 0.901. The Hall–Kier alpha value is -1.20. The number of benzene rings is 1. The molecule has 94 valence electrons. The molecule has 1 aromatic heterocycles. The van der Waals surface area contributed by atoms with Crippen molar-refractivity contribution in [1.29, 1.82) is 0 Å². The Morgan fingerprint density at radius 2 is 2.22 bits per heavy atom. The van der Waals surface area contributed by atoms with E-state index in [1.807, 2.05) is 24.4 Å². The fraction of sp³-hybridized carbons (Fsp3) is 0.154. The molecule has 1 unspecified atom stereocenters. The third-order valence-corrected chi connectivity index (χ3v) is 4.04. The second kappa shape index (κ2) is 5.63. The monoisotopic (exact) mass is 327 g/mol. The summed E-state index contributed by atoms with van der Waals surface area (Å²) in [6.07, 6.45) is 0. The molecule has 0 aliphatic carbocycles. The van der Waals surface area contributed by atoms with Gasteiger partial charge in [-0.3, -0.25) is 4.79 Å². The van der Waals surface area contributed by atoms with E-state index in [4.69, 9.17) is 0 Å². The third kappa shape index (κ3) is 2.97. The summed E-state index contributed by atoms with van der Waals surface area (Å²) in [4.78, 5) is 13.0. The zero-order chi connectivity index (χ0) is 13.1. The molecule has 5 heteroatoms. The fourth-order valence-corrected chi connectivity index (χ4v) is 2.65. The molecule has 1 aromatic carbocycles. The highest BCUT2D eigenvalue weighted by Gasteiger charge is 2.15. The van der Waals surface area contributed by atoms with Gasteiger partial charge in [0.15, 0.2) is 0 Å². The fourth-order valence-electron chi connectivity index (χ4n) is 1.55. The van der Waals surface area contributed by atoms with E-state index >= 15 is 0 Å². The van der Waals surface area contributed by atoms with Crippen LogP contribution in [0, 0.1) is 5.82 Å². The van der Waals surface area contributed by atoms with Crippen LogP contribution in [0.1, 0.15) is 28.2 Å². The SMILES string of the molecule is CC(NC(=O)c1cc(Br)ccc1F)c1cccs1. The molecular weight excluding hydrogens is 317 g/mol. The first-order valence-corrected chi connectivity index (χ1v) is 7.04. The van der Waals surface area contributed by atoms with Crippen LogP contribution in [0.4, 0.5) is 4.39 Å². The smallest absolute Gasteiger partial charge is 0.254 e. The van der Waals surface area contributed by atoms with Crippen molar-refractivity contribution in [3.05, 3.63) is 56.4 Å². The van der Waals surface area contributed by atoms with E-state index in [1.165, 1.54) is 12.1 Å². The van der Waals surface area contributed by atoms with E-state index in [-0.39, 0.29) is 11.6 Å². The van der Waals surface area contributed by atoms with Crippen LogP contribution in [0.2, 0.25) is 0 Å². The summed E-state index contributed by atoms with van der Waals surface area (Å²) >= 11 is 4.78. The minimum atomic E-state index is -0.519. The number of carbonyl (C=O) groups is 1. The van der Waals surface area contributed by atoms with E-state index in [9.17, 15) is 9.18 Å². The standard InChI is InChI=1S/C13H11BrFNOS/c1-8(12-3-2-6-18-12)16-13(17)10-7-9(14)4-5-11(10)15/h2-8H,1H3,(H,16,17). The van der Waals surface area contributed by atoms with Crippen LogP contribution in [0.25, 0.3) is 0 Å². The molecule has 2 nitrogen and oxygen atoms in total. The molecule has 2 rings (SSSR count). The largest absolute Gasteiger partial charge is 0.345 e. The molecule has 1 amide bonds. The van der Waals surface area contributed by atoms with Crippen LogP contribution >= 0.6 is 27.3 Å². The lowest BCUT2D eigenvalue weighted by atomic mass is 10.2. The molecule has 0 aliphatic heterocycles. The van der Waals surface area contributed by atoms with E-state index in [2.05, 4.69) is 21.2 Å². The average molecular weight is 328 g/mol. The number of thiophene rings is 1. The second-order valence-corrected chi connectivity index (χ2v) is 5.73. The van der Waals surface area contributed by atoms with Crippen LogP contribution in [0.15, 0.2) is 40.2 Å². The molecule has 0 fully saturated rings. The number of amides is 1.